The van der Waals surface area contributed by atoms with E-state index in [1.54, 1.807) is 0 Å². The van der Waals surface area contributed by atoms with Gasteiger partial charge >= 0.3 is 0 Å². The van der Waals surface area contributed by atoms with Gasteiger partial charge in [0.05, 0.1) is 16.6 Å². The lowest BCUT2D eigenvalue weighted by Crippen LogP contribution is -2.29. The molecule has 0 atom stereocenters. The average molecular weight is 305 g/mol. The van der Waals surface area contributed by atoms with Crippen LogP contribution < -0.4 is 5.73 Å². The predicted molar refractivity (Wildman–Crippen MR) is 88.1 cm³/mol. The largest absolute Gasteiger partial charge is 0.330 e. The van der Waals surface area contributed by atoms with E-state index in [2.05, 4.69) is 40.7 Å². The predicted octanol–water partition coefficient (Wildman–Crippen LogP) is 3.05. The highest BCUT2D eigenvalue weighted by Gasteiger charge is 2.25. The molecule has 1 aromatic heterocycles. The first-order valence-electron chi connectivity index (χ1n) is 6.78. The van der Waals surface area contributed by atoms with Crippen molar-refractivity contribution in [2.45, 2.75) is 24.1 Å². The van der Waals surface area contributed by atoms with E-state index in [1.807, 2.05) is 35.9 Å². The molecule has 1 fully saturated rings. The van der Waals surface area contributed by atoms with Crippen LogP contribution in [0.2, 0.25) is 0 Å². The normalized spacial score (nSPS) is 22.9. The number of aromatic nitrogens is 2. The van der Waals surface area contributed by atoms with E-state index in [1.165, 1.54) is 17.0 Å². The molecule has 0 amide bonds. The molecule has 1 aliphatic rings. The molecule has 3 rings (SSSR count). The van der Waals surface area contributed by atoms with Gasteiger partial charge in [0.25, 0.3) is 0 Å². The van der Waals surface area contributed by atoms with Crippen LogP contribution >= 0.6 is 23.5 Å². The maximum absolute atomic E-state index is 5.95. The summed E-state index contributed by atoms with van der Waals surface area (Å²) in [6.07, 6.45) is 1.97. The van der Waals surface area contributed by atoms with E-state index >= 15 is 0 Å². The SMILES string of the molecule is Cc1c(C2SCC(N)CS2)ncn1Cc1ccccc1. The minimum Gasteiger partial charge on any atom is -0.330 e. The van der Waals surface area contributed by atoms with Gasteiger partial charge in [0.2, 0.25) is 0 Å². The number of hydrogen-bond donors (Lipinski definition) is 1. The number of rotatable bonds is 3. The minimum absolute atomic E-state index is 0.327. The zero-order chi connectivity index (χ0) is 13.9. The Morgan fingerprint density at radius 2 is 1.95 bits per heavy atom. The Kier molecular flexibility index (Phi) is 4.38. The molecule has 2 aromatic rings. The van der Waals surface area contributed by atoms with Crippen molar-refractivity contribution in [3.8, 4) is 0 Å². The van der Waals surface area contributed by atoms with Crippen LogP contribution in [-0.2, 0) is 6.54 Å². The lowest BCUT2D eigenvalue weighted by atomic mass is 10.2. The summed E-state index contributed by atoms with van der Waals surface area (Å²) in [5.74, 6) is 2.06. The number of hydrogen-bond acceptors (Lipinski definition) is 4. The van der Waals surface area contributed by atoms with Gasteiger partial charge < -0.3 is 10.3 Å². The molecule has 5 heteroatoms. The summed E-state index contributed by atoms with van der Waals surface area (Å²) < 4.78 is 2.67. The Hall–Kier alpha value is -0.910. The molecule has 0 bridgehead atoms. The fourth-order valence-electron chi connectivity index (χ4n) is 2.31. The lowest BCUT2D eigenvalue weighted by molar-refractivity contribution is 0.768. The fourth-order valence-corrected chi connectivity index (χ4v) is 5.17. The highest BCUT2D eigenvalue weighted by molar-refractivity contribution is 8.17. The molecule has 2 N–H and O–H groups in total. The van der Waals surface area contributed by atoms with Crippen LogP contribution in [0.15, 0.2) is 36.7 Å². The molecule has 106 valence electrons. The Labute approximate surface area is 128 Å². The number of thioether (sulfide) groups is 2. The van der Waals surface area contributed by atoms with Crippen molar-refractivity contribution in [1.82, 2.24) is 9.55 Å². The van der Waals surface area contributed by atoms with Crippen molar-refractivity contribution < 1.29 is 0 Å². The number of nitrogens with two attached hydrogens (primary N) is 1. The molecule has 1 saturated heterocycles. The van der Waals surface area contributed by atoms with E-state index in [0.717, 1.165) is 18.1 Å². The third kappa shape index (κ3) is 3.05. The zero-order valence-corrected chi connectivity index (χ0v) is 13.2. The number of nitrogens with zero attached hydrogens (tertiary/aromatic N) is 2. The summed E-state index contributed by atoms with van der Waals surface area (Å²) in [7, 11) is 0. The second-order valence-corrected chi connectivity index (χ2v) is 7.66. The number of benzene rings is 1. The van der Waals surface area contributed by atoms with Crippen LogP contribution in [0.25, 0.3) is 0 Å². The van der Waals surface area contributed by atoms with E-state index in [4.69, 9.17) is 5.73 Å². The third-order valence-electron chi connectivity index (χ3n) is 3.48. The van der Waals surface area contributed by atoms with Crippen molar-refractivity contribution in [2.75, 3.05) is 11.5 Å². The van der Waals surface area contributed by atoms with Gasteiger partial charge in [0, 0.05) is 29.8 Å². The summed E-state index contributed by atoms with van der Waals surface area (Å²) in [5, 5.41) is 0. The van der Waals surface area contributed by atoms with Crippen LogP contribution in [-0.4, -0.2) is 27.1 Å². The Morgan fingerprint density at radius 1 is 1.25 bits per heavy atom. The van der Waals surface area contributed by atoms with Crippen molar-refractivity contribution in [1.29, 1.82) is 0 Å². The molecule has 0 spiro atoms. The fraction of sp³-hybridized carbons (Fsp3) is 0.400. The Bertz CT molecular complexity index is 560. The van der Waals surface area contributed by atoms with Crippen molar-refractivity contribution in [3.05, 3.63) is 53.6 Å². The van der Waals surface area contributed by atoms with E-state index in [0.29, 0.717) is 10.6 Å². The van der Waals surface area contributed by atoms with Gasteiger partial charge in [0.1, 0.15) is 0 Å². The molecule has 20 heavy (non-hydrogen) atoms. The first kappa shape index (κ1) is 14.0. The molecule has 0 radical (unpaired) electrons. The second-order valence-electron chi connectivity index (χ2n) is 5.09. The summed E-state index contributed by atoms with van der Waals surface area (Å²) in [6, 6.07) is 10.8. The maximum atomic E-state index is 5.95. The maximum Gasteiger partial charge on any atom is 0.0955 e. The van der Waals surface area contributed by atoms with Crippen LogP contribution in [0.5, 0.6) is 0 Å². The summed E-state index contributed by atoms with van der Waals surface area (Å²) in [6.45, 7) is 3.06. The van der Waals surface area contributed by atoms with Gasteiger partial charge in [-0.1, -0.05) is 30.3 Å². The summed E-state index contributed by atoms with van der Waals surface area (Å²) in [5.41, 5.74) is 9.75. The molecule has 1 aliphatic heterocycles. The van der Waals surface area contributed by atoms with Gasteiger partial charge in [0.15, 0.2) is 0 Å². The Balaban J connectivity index is 1.75. The minimum atomic E-state index is 0.327. The van der Waals surface area contributed by atoms with Gasteiger partial charge in [-0.3, -0.25) is 0 Å². The second kappa shape index (κ2) is 6.24. The molecule has 0 saturated carbocycles. The lowest BCUT2D eigenvalue weighted by Gasteiger charge is -2.24. The van der Waals surface area contributed by atoms with Gasteiger partial charge in [-0.05, 0) is 12.5 Å². The average Bonchev–Trinajstić information content (AvgIpc) is 2.83. The van der Waals surface area contributed by atoms with Crippen molar-refractivity contribution >= 4 is 23.5 Å². The van der Waals surface area contributed by atoms with E-state index < -0.39 is 0 Å². The van der Waals surface area contributed by atoms with Crippen LogP contribution in [0.1, 0.15) is 21.5 Å². The number of imidazole rings is 1. The first-order chi connectivity index (χ1) is 9.74. The molecule has 1 aromatic carbocycles. The zero-order valence-electron chi connectivity index (χ0n) is 11.5. The topological polar surface area (TPSA) is 43.8 Å². The molecule has 0 unspecified atom stereocenters. The first-order valence-corrected chi connectivity index (χ1v) is 8.88. The molecular formula is C15H19N3S2. The standard InChI is InChI=1S/C15H19N3S2/c1-11-14(15-19-8-13(16)9-20-15)17-10-18(11)7-12-5-3-2-4-6-12/h2-6,10,13,15H,7-9,16H2,1H3. The molecule has 3 nitrogen and oxygen atoms in total. The van der Waals surface area contributed by atoms with E-state index in [9.17, 15) is 0 Å². The smallest absolute Gasteiger partial charge is 0.0955 e. The molecule has 2 heterocycles. The molecule has 0 aliphatic carbocycles. The van der Waals surface area contributed by atoms with E-state index in [-0.39, 0.29) is 0 Å². The summed E-state index contributed by atoms with van der Waals surface area (Å²) in [4.78, 5) is 4.64. The highest BCUT2D eigenvalue weighted by atomic mass is 32.2. The van der Waals surface area contributed by atoms with Crippen LogP contribution in [0.3, 0.4) is 0 Å². The van der Waals surface area contributed by atoms with Crippen molar-refractivity contribution in [2.24, 2.45) is 5.73 Å². The Morgan fingerprint density at radius 3 is 2.65 bits per heavy atom. The van der Waals surface area contributed by atoms with Crippen LogP contribution in [0, 0.1) is 6.92 Å². The molecular weight excluding hydrogens is 286 g/mol. The van der Waals surface area contributed by atoms with Gasteiger partial charge in [-0.2, -0.15) is 0 Å². The van der Waals surface area contributed by atoms with Crippen LogP contribution in [0.4, 0.5) is 0 Å². The van der Waals surface area contributed by atoms with Gasteiger partial charge in [-0.15, -0.1) is 23.5 Å². The van der Waals surface area contributed by atoms with Gasteiger partial charge in [-0.25, -0.2) is 4.98 Å². The third-order valence-corrected chi connectivity index (χ3v) is 6.59. The monoisotopic (exact) mass is 305 g/mol. The highest BCUT2D eigenvalue weighted by Crippen LogP contribution is 2.43. The quantitative estimate of drug-likeness (QED) is 0.946. The summed E-state index contributed by atoms with van der Waals surface area (Å²) >= 11 is 3.84. The van der Waals surface area contributed by atoms with Crippen molar-refractivity contribution in [3.63, 3.8) is 0 Å².